The number of hydrogen-bond acceptors (Lipinski definition) is 2. The molecule has 2 heteroatoms. The second-order valence-electron chi connectivity index (χ2n) is 4.07. The summed E-state index contributed by atoms with van der Waals surface area (Å²) < 4.78 is 0. The van der Waals surface area contributed by atoms with Crippen LogP contribution in [0.25, 0.3) is 0 Å². The van der Waals surface area contributed by atoms with Crippen LogP contribution in [0.5, 0.6) is 0 Å². The Bertz CT molecular complexity index is 117. The molecule has 0 radical (unpaired) electrons. The third-order valence-corrected chi connectivity index (χ3v) is 2.43. The van der Waals surface area contributed by atoms with Gasteiger partial charge in [-0.2, -0.15) is 0 Å². The van der Waals surface area contributed by atoms with Crippen molar-refractivity contribution >= 4 is 0 Å². The number of aliphatic hydroxyl groups excluding tert-OH is 1. The summed E-state index contributed by atoms with van der Waals surface area (Å²) in [6.07, 6.45) is 3.46. The highest BCUT2D eigenvalue weighted by molar-refractivity contribution is 4.92. The topological polar surface area (TPSA) is 32.3 Å². The summed E-state index contributed by atoms with van der Waals surface area (Å²) >= 11 is 0. The molecular formula is C9H19NO. The number of rotatable bonds is 3. The average molecular weight is 157 g/mol. The van der Waals surface area contributed by atoms with Gasteiger partial charge in [0.25, 0.3) is 0 Å². The number of nitrogens with one attached hydrogen (secondary N) is 1. The number of aliphatic hydroxyl groups is 1. The molecule has 0 spiro atoms. The predicted molar refractivity (Wildman–Crippen MR) is 46.5 cm³/mol. The van der Waals surface area contributed by atoms with E-state index in [-0.39, 0.29) is 5.54 Å². The fourth-order valence-electron chi connectivity index (χ4n) is 2.02. The van der Waals surface area contributed by atoms with E-state index >= 15 is 0 Å². The first-order valence-electron chi connectivity index (χ1n) is 4.54. The summed E-state index contributed by atoms with van der Waals surface area (Å²) in [5.41, 5.74) is 0.0637. The van der Waals surface area contributed by atoms with Gasteiger partial charge >= 0.3 is 0 Å². The molecule has 0 aromatic heterocycles. The van der Waals surface area contributed by atoms with Gasteiger partial charge in [-0.1, -0.05) is 13.8 Å². The summed E-state index contributed by atoms with van der Waals surface area (Å²) in [5, 5.41) is 12.6. The maximum atomic E-state index is 9.20. The Morgan fingerprint density at radius 2 is 2.27 bits per heavy atom. The van der Waals surface area contributed by atoms with E-state index in [0.29, 0.717) is 12.5 Å². The Labute approximate surface area is 69.0 Å². The van der Waals surface area contributed by atoms with E-state index in [1.54, 1.807) is 0 Å². The lowest BCUT2D eigenvalue weighted by Crippen LogP contribution is -2.44. The Morgan fingerprint density at radius 3 is 2.64 bits per heavy atom. The van der Waals surface area contributed by atoms with Crippen molar-refractivity contribution in [1.82, 2.24) is 5.32 Å². The minimum atomic E-state index is 0.0637. The minimum absolute atomic E-state index is 0.0637. The third kappa shape index (κ3) is 2.17. The SMILES string of the molecule is CC(C)CC1(CO)CCCN1. The van der Waals surface area contributed by atoms with Crippen molar-refractivity contribution in [2.45, 2.75) is 38.6 Å². The molecule has 1 rings (SSSR count). The summed E-state index contributed by atoms with van der Waals surface area (Å²) in [4.78, 5) is 0. The van der Waals surface area contributed by atoms with Gasteiger partial charge in [-0.3, -0.25) is 0 Å². The lowest BCUT2D eigenvalue weighted by atomic mass is 9.88. The summed E-state index contributed by atoms with van der Waals surface area (Å²) in [6, 6.07) is 0. The zero-order valence-electron chi connectivity index (χ0n) is 7.56. The highest BCUT2D eigenvalue weighted by Gasteiger charge is 2.32. The van der Waals surface area contributed by atoms with Crippen molar-refractivity contribution in [1.29, 1.82) is 0 Å². The van der Waals surface area contributed by atoms with E-state index in [1.807, 2.05) is 0 Å². The Balaban J connectivity index is 2.45. The van der Waals surface area contributed by atoms with Gasteiger partial charge < -0.3 is 10.4 Å². The molecule has 1 saturated heterocycles. The lowest BCUT2D eigenvalue weighted by molar-refractivity contribution is 0.156. The first-order valence-corrected chi connectivity index (χ1v) is 4.54. The molecule has 2 nitrogen and oxygen atoms in total. The second-order valence-corrected chi connectivity index (χ2v) is 4.07. The van der Waals surface area contributed by atoms with Crippen molar-refractivity contribution < 1.29 is 5.11 Å². The smallest absolute Gasteiger partial charge is 0.0613 e. The normalized spacial score (nSPS) is 31.6. The lowest BCUT2D eigenvalue weighted by Gasteiger charge is -2.28. The zero-order chi connectivity index (χ0) is 8.32. The van der Waals surface area contributed by atoms with Crippen LogP contribution in [0.1, 0.15) is 33.1 Å². The van der Waals surface area contributed by atoms with Crippen LogP contribution in [0.4, 0.5) is 0 Å². The molecule has 1 fully saturated rings. The quantitative estimate of drug-likeness (QED) is 0.644. The highest BCUT2D eigenvalue weighted by Crippen LogP contribution is 2.25. The van der Waals surface area contributed by atoms with Gasteiger partial charge in [0.2, 0.25) is 0 Å². The number of hydrogen-bond donors (Lipinski definition) is 2. The first kappa shape index (κ1) is 9.01. The minimum Gasteiger partial charge on any atom is -0.394 e. The van der Waals surface area contributed by atoms with Crippen LogP contribution in [0.3, 0.4) is 0 Å². The molecule has 1 aliphatic heterocycles. The molecule has 0 bridgehead atoms. The molecule has 0 aromatic carbocycles. The van der Waals surface area contributed by atoms with Gasteiger partial charge in [-0.05, 0) is 31.7 Å². The fourth-order valence-corrected chi connectivity index (χ4v) is 2.02. The molecule has 0 saturated carbocycles. The van der Waals surface area contributed by atoms with Gasteiger partial charge in [0.05, 0.1) is 6.61 Å². The molecule has 0 aliphatic carbocycles. The van der Waals surface area contributed by atoms with Crippen LogP contribution in [-0.2, 0) is 0 Å². The maximum Gasteiger partial charge on any atom is 0.0613 e. The fraction of sp³-hybridized carbons (Fsp3) is 1.00. The van der Waals surface area contributed by atoms with Crippen LogP contribution in [0.15, 0.2) is 0 Å². The van der Waals surface area contributed by atoms with Crippen LogP contribution in [0, 0.1) is 5.92 Å². The van der Waals surface area contributed by atoms with Crippen LogP contribution in [-0.4, -0.2) is 23.8 Å². The van der Waals surface area contributed by atoms with Crippen molar-refractivity contribution in [3.8, 4) is 0 Å². The second kappa shape index (κ2) is 3.55. The monoisotopic (exact) mass is 157 g/mol. The molecule has 1 heterocycles. The molecule has 1 atom stereocenters. The van der Waals surface area contributed by atoms with Crippen LogP contribution in [0.2, 0.25) is 0 Å². The van der Waals surface area contributed by atoms with Crippen LogP contribution < -0.4 is 5.32 Å². The Kier molecular flexibility index (Phi) is 2.90. The molecule has 11 heavy (non-hydrogen) atoms. The molecule has 66 valence electrons. The van der Waals surface area contributed by atoms with Gasteiger partial charge in [-0.25, -0.2) is 0 Å². The van der Waals surface area contributed by atoms with Crippen molar-refractivity contribution in [3.05, 3.63) is 0 Å². The molecular weight excluding hydrogens is 138 g/mol. The average Bonchev–Trinajstić information content (AvgIpc) is 2.36. The largest absolute Gasteiger partial charge is 0.394 e. The molecule has 1 unspecified atom stereocenters. The first-order chi connectivity index (χ1) is 5.18. The van der Waals surface area contributed by atoms with E-state index in [9.17, 15) is 5.11 Å². The van der Waals surface area contributed by atoms with E-state index < -0.39 is 0 Å². The van der Waals surface area contributed by atoms with E-state index in [0.717, 1.165) is 19.4 Å². The summed E-state index contributed by atoms with van der Waals surface area (Å²) in [7, 11) is 0. The predicted octanol–water partition coefficient (Wildman–Crippen LogP) is 1.15. The van der Waals surface area contributed by atoms with Crippen molar-refractivity contribution in [3.63, 3.8) is 0 Å². The highest BCUT2D eigenvalue weighted by atomic mass is 16.3. The van der Waals surface area contributed by atoms with Gasteiger partial charge in [0.15, 0.2) is 0 Å². The van der Waals surface area contributed by atoms with E-state index in [1.165, 1.54) is 6.42 Å². The van der Waals surface area contributed by atoms with Crippen molar-refractivity contribution in [2.75, 3.05) is 13.2 Å². The van der Waals surface area contributed by atoms with Crippen molar-refractivity contribution in [2.24, 2.45) is 5.92 Å². The van der Waals surface area contributed by atoms with E-state index in [4.69, 9.17) is 0 Å². The van der Waals surface area contributed by atoms with Gasteiger partial charge in [0, 0.05) is 5.54 Å². The molecule has 0 aromatic rings. The zero-order valence-corrected chi connectivity index (χ0v) is 7.56. The molecule has 0 amide bonds. The molecule has 1 aliphatic rings. The molecule has 2 N–H and O–H groups in total. The Hall–Kier alpha value is -0.0800. The van der Waals surface area contributed by atoms with Crippen LogP contribution >= 0.6 is 0 Å². The Morgan fingerprint density at radius 1 is 1.55 bits per heavy atom. The maximum absolute atomic E-state index is 9.20. The van der Waals surface area contributed by atoms with Gasteiger partial charge in [0.1, 0.15) is 0 Å². The summed E-state index contributed by atoms with van der Waals surface area (Å²) in [6.45, 7) is 5.78. The van der Waals surface area contributed by atoms with Gasteiger partial charge in [-0.15, -0.1) is 0 Å². The summed E-state index contributed by atoms with van der Waals surface area (Å²) in [5.74, 6) is 0.674. The van der Waals surface area contributed by atoms with E-state index in [2.05, 4.69) is 19.2 Å². The standard InChI is InChI=1S/C9H19NO/c1-8(2)6-9(7-11)4-3-5-10-9/h8,10-11H,3-7H2,1-2H3. The third-order valence-electron chi connectivity index (χ3n) is 2.43.